The Morgan fingerprint density at radius 3 is 2.55 bits per heavy atom. The topological polar surface area (TPSA) is 84.1 Å². The fourth-order valence-electron chi connectivity index (χ4n) is 1.64. The van der Waals surface area contributed by atoms with Gasteiger partial charge in [0.05, 0.1) is 18.4 Å². The zero-order chi connectivity index (χ0) is 14.5. The van der Waals surface area contributed by atoms with Crippen LogP contribution in [0.4, 0.5) is 5.69 Å². The molecule has 2 N–H and O–H groups in total. The van der Waals surface area contributed by atoms with Crippen molar-refractivity contribution in [2.45, 2.75) is 13.8 Å². The minimum Gasteiger partial charge on any atom is -0.462 e. The first kappa shape index (κ1) is 13.8. The standard InChI is InChI=1S/C14H15N3O3/c1-3-20-14(19)10-4-6-11(7-5-10)17-13(18)12-8-15-9(2)16-12/h4-8H,3H2,1-2H3,(H,15,16)(H,17,18). The number of esters is 1. The summed E-state index contributed by atoms with van der Waals surface area (Å²) in [5.41, 5.74) is 1.43. The minimum atomic E-state index is -0.380. The molecular weight excluding hydrogens is 258 g/mol. The number of carbonyl (C=O) groups is 2. The van der Waals surface area contributed by atoms with Gasteiger partial charge in [0.25, 0.3) is 5.91 Å². The van der Waals surface area contributed by atoms with Gasteiger partial charge in [0.2, 0.25) is 0 Å². The summed E-state index contributed by atoms with van der Waals surface area (Å²) in [6.45, 7) is 3.85. The lowest BCUT2D eigenvalue weighted by atomic mass is 10.2. The highest BCUT2D eigenvalue weighted by molar-refractivity contribution is 6.03. The fourth-order valence-corrected chi connectivity index (χ4v) is 1.64. The molecule has 1 aromatic carbocycles. The van der Waals surface area contributed by atoms with Crippen LogP contribution in [0.15, 0.2) is 30.5 Å². The molecule has 104 valence electrons. The normalized spacial score (nSPS) is 10.1. The van der Waals surface area contributed by atoms with E-state index in [0.717, 1.165) is 0 Å². The molecule has 1 aromatic heterocycles. The van der Waals surface area contributed by atoms with Crippen molar-refractivity contribution in [2.75, 3.05) is 11.9 Å². The summed E-state index contributed by atoms with van der Waals surface area (Å²) in [4.78, 5) is 30.2. The van der Waals surface area contributed by atoms with Crippen molar-refractivity contribution in [3.05, 3.63) is 47.5 Å². The number of hydrogen-bond acceptors (Lipinski definition) is 4. The van der Waals surface area contributed by atoms with Gasteiger partial charge in [0.1, 0.15) is 11.5 Å². The summed E-state index contributed by atoms with van der Waals surface area (Å²) < 4.78 is 4.88. The number of aromatic amines is 1. The second-order valence-corrected chi connectivity index (χ2v) is 4.13. The van der Waals surface area contributed by atoms with Gasteiger partial charge in [-0.2, -0.15) is 0 Å². The maximum Gasteiger partial charge on any atom is 0.338 e. The van der Waals surface area contributed by atoms with E-state index in [1.807, 2.05) is 0 Å². The molecule has 0 saturated heterocycles. The zero-order valence-electron chi connectivity index (χ0n) is 11.3. The number of nitrogens with one attached hydrogen (secondary N) is 2. The van der Waals surface area contributed by atoms with Gasteiger partial charge in [-0.15, -0.1) is 0 Å². The van der Waals surface area contributed by atoms with E-state index in [2.05, 4.69) is 15.3 Å². The molecule has 6 nitrogen and oxygen atoms in total. The van der Waals surface area contributed by atoms with Crippen molar-refractivity contribution >= 4 is 17.6 Å². The molecule has 1 amide bonds. The number of hydrogen-bond donors (Lipinski definition) is 2. The maximum absolute atomic E-state index is 11.9. The number of benzene rings is 1. The van der Waals surface area contributed by atoms with E-state index < -0.39 is 0 Å². The molecule has 0 radical (unpaired) electrons. The molecule has 0 atom stereocenters. The van der Waals surface area contributed by atoms with Gasteiger partial charge in [0.15, 0.2) is 0 Å². The summed E-state index contributed by atoms with van der Waals surface area (Å²) in [7, 11) is 0. The Morgan fingerprint density at radius 2 is 2.00 bits per heavy atom. The van der Waals surface area contributed by atoms with Crippen LogP contribution in [0.25, 0.3) is 0 Å². The first-order valence-electron chi connectivity index (χ1n) is 6.20. The molecule has 0 fully saturated rings. The highest BCUT2D eigenvalue weighted by atomic mass is 16.5. The minimum absolute atomic E-state index is 0.283. The molecule has 6 heteroatoms. The first-order valence-corrected chi connectivity index (χ1v) is 6.20. The van der Waals surface area contributed by atoms with Crippen molar-refractivity contribution in [3.8, 4) is 0 Å². The Balaban J connectivity index is 2.04. The Kier molecular flexibility index (Phi) is 4.14. The largest absolute Gasteiger partial charge is 0.462 e. The second kappa shape index (κ2) is 6.01. The molecular formula is C14H15N3O3. The van der Waals surface area contributed by atoms with Crippen molar-refractivity contribution in [2.24, 2.45) is 0 Å². The number of H-pyrrole nitrogens is 1. The van der Waals surface area contributed by atoms with Gasteiger partial charge in [-0.25, -0.2) is 9.78 Å². The van der Waals surface area contributed by atoms with E-state index in [0.29, 0.717) is 29.4 Å². The molecule has 0 aliphatic rings. The van der Waals surface area contributed by atoms with Gasteiger partial charge >= 0.3 is 5.97 Å². The van der Waals surface area contributed by atoms with Gasteiger partial charge in [-0.1, -0.05) is 0 Å². The Hall–Kier alpha value is -2.63. The van der Waals surface area contributed by atoms with Crippen LogP contribution in [0, 0.1) is 6.92 Å². The third kappa shape index (κ3) is 3.23. The fraction of sp³-hybridized carbons (Fsp3) is 0.214. The van der Waals surface area contributed by atoms with Crippen LogP contribution in [0.1, 0.15) is 33.6 Å². The smallest absolute Gasteiger partial charge is 0.338 e. The summed E-state index contributed by atoms with van der Waals surface area (Å²) in [5.74, 6) is 0.0110. The predicted octanol–water partition coefficient (Wildman–Crippen LogP) is 2.15. The number of aromatic nitrogens is 2. The van der Waals surface area contributed by atoms with E-state index >= 15 is 0 Å². The van der Waals surface area contributed by atoms with Crippen LogP contribution in [-0.2, 0) is 4.74 Å². The molecule has 1 heterocycles. The Morgan fingerprint density at radius 1 is 1.30 bits per heavy atom. The monoisotopic (exact) mass is 273 g/mol. The number of imidazole rings is 1. The average molecular weight is 273 g/mol. The highest BCUT2D eigenvalue weighted by Crippen LogP contribution is 2.11. The molecule has 0 saturated carbocycles. The molecule has 0 aliphatic carbocycles. The first-order chi connectivity index (χ1) is 9.60. The van der Waals surface area contributed by atoms with Crippen LogP contribution in [-0.4, -0.2) is 28.5 Å². The molecule has 0 bridgehead atoms. The summed E-state index contributed by atoms with van der Waals surface area (Å²) in [6.07, 6.45) is 1.47. The van der Waals surface area contributed by atoms with E-state index in [9.17, 15) is 9.59 Å². The molecule has 2 rings (SSSR count). The zero-order valence-corrected chi connectivity index (χ0v) is 11.3. The van der Waals surface area contributed by atoms with Crippen molar-refractivity contribution < 1.29 is 14.3 Å². The summed E-state index contributed by atoms with van der Waals surface area (Å²) in [6, 6.07) is 6.50. The Bertz CT molecular complexity index is 617. The molecule has 0 unspecified atom stereocenters. The highest BCUT2D eigenvalue weighted by Gasteiger charge is 2.10. The third-order valence-corrected chi connectivity index (χ3v) is 2.60. The summed E-state index contributed by atoms with van der Waals surface area (Å²) >= 11 is 0. The second-order valence-electron chi connectivity index (χ2n) is 4.13. The number of carbonyl (C=O) groups excluding carboxylic acids is 2. The molecule has 0 aliphatic heterocycles. The lowest BCUT2D eigenvalue weighted by Gasteiger charge is -2.05. The van der Waals surface area contributed by atoms with E-state index in [4.69, 9.17) is 4.74 Å². The van der Waals surface area contributed by atoms with Gasteiger partial charge in [-0.3, -0.25) is 4.79 Å². The van der Waals surface area contributed by atoms with Crippen LogP contribution in [0.2, 0.25) is 0 Å². The van der Waals surface area contributed by atoms with Crippen LogP contribution in [0.3, 0.4) is 0 Å². The maximum atomic E-state index is 11.9. The van der Waals surface area contributed by atoms with Crippen molar-refractivity contribution in [1.82, 2.24) is 9.97 Å². The van der Waals surface area contributed by atoms with Crippen LogP contribution < -0.4 is 5.32 Å². The quantitative estimate of drug-likeness (QED) is 0.836. The van der Waals surface area contributed by atoms with Gasteiger partial charge in [0, 0.05) is 5.69 Å². The van der Waals surface area contributed by atoms with E-state index in [1.54, 1.807) is 38.1 Å². The number of nitrogens with zero attached hydrogens (tertiary/aromatic N) is 1. The lowest BCUT2D eigenvalue weighted by Crippen LogP contribution is -2.12. The van der Waals surface area contributed by atoms with Crippen LogP contribution in [0.5, 0.6) is 0 Å². The van der Waals surface area contributed by atoms with E-state index in [1.165, 1.54) is 6.20 Å². The van der Waals surface area contributed by atoms with Crippen LogP contribution >= 0.6 is 0 Å². The lowest BCUT2D eigenvalue weighted by molar-refractivity contribution is 0.0526. The Labute approximate surface area is 116 Å². The third-order valence-electron chi connectivity index (χ3n) is 2.60. The number of anilines is 1. The average Bonchev–Trinajstić information content (AvgIpc) is 2.86. The molecule has 0 spiro atoms. The van der Waals surface area contributed by atoms with Gasteiger partial charge in [-0.05, 0) is 38.1 Å². The number of amides is 1. The number of aryl methyl sites for hydroxylation is 1. The number of rotatable bonds is 4. The van der Waals surface area contributed by atoms with E-state index in [-0.39, 0.29) is 11.9 Å². The summed E-state index contributed by atoms with van der Waals surface area (Å²) in [5, 5.41) is 2.71. The van der Waals surface area contributed by atoms with Crippen molar-refractivity contribution in [1.29, 1.82) is 0 Å². The molecule has 20 heavy (non-hydrogen) atoms. The number of ether oxygens (including phenoxy) is 1. The molecule has 2 aromatic rings. The SMILES string of the molecule is CCOC(=O)c1ccc(NC(=O)c2cnc(C)[nH]2)cc1. The van der Waals surface area contributed by atoms with Gasteiger partial charge < -0.3 is 15.0 Å². The van der Waals surface area contributed by atoms with Crippen molar-refractivity contribution in [3.63, 3.8) is 0 Å². The predicted molar refractivity (Wildman–Crippen MR) is 73.7 cm³/mol.